The SMILES string of the molecule is c1ccc(-c2cc(-n3c4ccccc4c4cc5c(cc43)C(c3ccccn3)(c3ccccn3)c3ccccc3-5)cc(-c3cccc(-c4cccc5c4-c4cc6c7ccccc7n(-c7nc(-c8ccccc8)c8ccccc8n7)c6cc4C5(c4ccccc4)c4ccccc4)c3)n2)cc1. The van der Waals surface area contributed by atoms with Gasteiger partial charge in [0.15, 0.2) is 0 Å². The van der Waals surface area contributed by atoms with Crippen LogP contribution in [0.15, 0.2) is 346 Å². The molecule has 0 fully saturated rings. The molecule has 2 aliphatic carbocycles. The lowest BCUT2D eigenvalue weighted by Crippen LogP contribution is -2.30. The zero-order chi connectivity index (χ0) is 64.5. The first kappa shape index (κ1) is 55.5. The zero-order valence-corrected chi connectivity index (χ0v) is 53.0. The van der Waals surface area contributed by atoms with Gasteiger partial charge in [0, 0.05) is 56.0 Å². The van der Waals surface area contributed by atoms with Gasteiger partial charge in [0.25, 0.3) is 0 Å². The van der Waals surface area contributed by atoms with Crippen LogP contribution < -0.4 is 0 Å². The van der Waals surface area contributed by atoms with Crippen LogP contribution in [0.3, 0.4) is 0 Å². The quantitative estimate of drug-likeness (QED) is 0.136. The van der Waals surface area contributed by atoms with Gasteiger partial charge in [0.1, 0.15) is 5.41 Å². The molecule has 0 spiro atoms. The molecule has 98 heavy (non-hydrogen) atoms. The second-order valence-electron chi connectivity index (χ2n) is 25.8. The minimum Gasteiger partial charge on any atom is -0.309 e. The Morgan fingerprint density at radius 3 is 1.44 bits per heavy atom. The summed E-state index contributed by atoms with van der Waals surface area (Å²) in [4.78, 5) is 27.0. The maximum absolute atomic E-state index is 5.66. The molecule has 0 radical (unpaired) electrons. The normalized spacial score (nSPS) is 13.3. The van der Waals surface area contributed by atoms with Crippen molar-refractivity contribution in [3.05, 3.63) is 391 Å². The predicted octanol–water partition coefficient (Wildman–Crippen LogP) is 21.4. The summed E-state index contributed by atoms with van der Waals surface area (Å²) in [5.41, 5.74) is 26.2. The molecular weight excluding hydrogens is 1190 g/mol. The number of fused-ring (bicyclic) bond motifs is 13. The molecule has 0 bridgehead atoms. The molecule has 0 aliphatic heterocycles. The third kappa shape index (κ3) is 8.08. The van der Waals surface area contributed by atoms with Crippen molar-refractivity contribution < 1.29 is 0 Å². The lowest BCUT2D eigenvalue weighted by atomic mass is 9.67. The first-order chi connectivity index (χ1) is 48.6. The molecule has 20 rings (SSSR count). The maximum atomic E-state index is 5.66. The van der Waals surface area contributed by atoms with E-state index in [2.05, 4.69) is 331 Å². The Bertz CT molecular complexity index is 6140. The van der Waals surface area contributed by atoms with Gasteiger partial charge in [0.2, 0.25) is 5.95 Å². The summed E-state index contributed by atoms with van der Waals surface area (Å²) in [6, 6.07) is 121. The van der Waals surface area contributed by atoms with E-state index in [1.165, 1.54) is 49.9 Å². The van der Waals surface area contributed by atoms with Crippen LogP contribution in [-0.4, -0.2) is 34.1 Å². The Kier molecular flexibility index (Phi) is 12.3. The molecule has 12 aromatic carbocycles. The van der Waals surface area contributed by atoms with E-state index in [1.807, 2.05) is 24.5 Å². The van der Waals surface area contributed by atoms with Gasteiger partial charge in [-0.2, -0.15) is 0 Å². The van der Waals surface area contributed by atoms with Gasteiger partial charge in [-0.05, 0) is 152 Å². The largest absolute Gasteiger partial charge is 0.309 e. The molecule has 7 heteroatoms. The van der Waals surface area contributed by atoms with Gasteiger partial charge < -0.3 is 4.57 Å². The van der Waals surface area contributed by atoms with Crippen LogP contribution >= 0.6 is 0 Å². The van der Waals surface area contributed by atoms with Crippen LogP contribution in [0.25, 0.3) is 133 Å². The number of rotatable bonds is 10. The average Bonchev–Trinajstić information content (AvgIpc) is 1.53. The molecule has 456 valence electrons. The molecular formula is C91H57N7. The molecule has 7 nitrogen and oxygen atoms in total. The van der Waals surface area contributed by atoms with E-state index in [9.17, 15) is 0 Å². The van der Waals surface area contributed by atoms with Gasteiger partial charge in [-0.25, -0.2) is 15.0 Å². The summed E-state index contributed by atoms with van der Waals surface area (Å²) in [7, 11) is 0. The molecule has 6 heterocycles. The highest BCUT2D eigenvalue weighted by Crippen LogP contribution is 2.61. The van der Waals surface area contributed by atoms with Crippen molar-refractivity contribution in [2.75, 3.05) is 0 Å². The van der Waals surface area contributed by atoms with Crippen molar-refractivity contribution in [1.29, 1.82) is 0 Å². The summed E-state index contributed by atoms with van der Waals surface area (Å²) < 4.78 is 4.75. The molecule has 0 saturated carbocycles. The van der Waals surface area contributed by atoms with Crippen LogP contribution in [-0.2, 0) is 10.8 Å². The van der Waals surface area contributed by atoms with Crippen molar-refractivity contribution in [2.24, 2.45) is 0 Å². The van der Waals surface area contributed by atoms with Crippen LogP contribution in [0.1, 0.15) is 44.8 Å². The maximum Gasteiger partial charge on any atom is 0.235 e. The summed E-state index contributed by atoms with van der Waals surface area (Å²) in [6.07, 6.45) is 3.81. The lowest BCUT2D eigenvalue weighted by Gasteiger charge is -2.34. The number of pyridine rings is 3. The van der Waals surface area contributed by atoms with Crippen LogP contribution in [0.2, 0.25) is 0 Å². The number of hydrogen-bond donors (Lipinski definition) is 0. The highest BCUT2D eigenvalue weighted by molar-refractivity contribution is 6.14. The summed E-state index contributed by atoms with van der Waals surface area (Å²) >= 11 is 0. The van der Waals surface area contributed by atoms with Crippen LogP contribution in [0.5, 0.6) is 0 Å². The monoisotopic (exact) mass is 1250 g/mol. The van der Waals surface area contributed by atoms with E-state index in [1.54, 1.807) is 0 Å². The molecule has 0 N–H and O–H groups in total. The van der Waals surface area contributed by atoms with Gasteiger partial charge >= 0.3 is 0 Å². The van der Waals surface area contributed by atoms with Gasteiger partial charge in [-0.1, -0.05) is 249 Å². The summed E-state index contributed by atoms with van der Waals surface area (Å²) in [5.74, 6) is 0.621. The van der Waals surface area contributed by atoms with Gasteiger partial charge in [-0.15, -0.1) is 0 Å². The Hall–Kier alpha value is -13.0. The molecule has 18 aromatic rings. The standard InChI is InChI=1S/C91H57N7/c1-5-27-58(28-6-1)79-52-64(97-81-45-19-15-38-67(81)71-54-70-66-37-13-17-42-74(66)91(76(70)56-83(71)97,85-47-21-23-49-92-85)86-48-22-24-50-93-86)53-80(94-79)61-32-25-31-60(51-61)65-41-26-43-75-87(65)73-55-72-68-39-16-20-46-82(68)98(89-95-78-44-18-14-40-69(78)88(96-89)59-29-7-2-8-30-59)84(72)57-77(73)90(75,62-33-9-3-10-34-62)63-35-11-4-12-36-63/h1-57H. The molecule has 0 saturated heterocycles. The van der Waals surface area contributed by atoms with Gasteiger partial charge in [-0.3, -0.25) is 14.5 Å². The smallest absolute Gasteiger partial charge is 0.235 e. The molecule has 2 aliphatic rings. The van der Waals surface area contributed by atoms with Crippen LogP contribution in [0, 0.1) is 0 Å². The number of aromatic nitrogens is 7. The van der Waals surface area contributed by atoms with E-state index in [0.717, 1.165) is 122 Å². The number of nitrogens with zero attached hydrogens (tertiary/aromatic N) is 7. The molecule has 6 aromatic heterocycles. The van der Waals surface area contributed by atoms with Crippen molar-refractivity contribution in [3.8, 4) is 78.8 Å². The average molecular weight is 1250 g/mol. The molecule has 0 amide bonds. The highest BCUT2D eigenvalue weighted by atomic mass is 15.2. The third-order valence-corrected chi connectivity index (χ3v) is 20.7. The van der Waals surface area contributed by atoms with E-state index < -0.39 is 10.8 Å². The summed E-state index contributed by atoms with van der Waals surface area (Å²) in [5, 5.41) is 5.58. The van der Waals surface area contributed by atoms with E-state index in [4.69, 9.17) is 24.9 Å². The summed E-state index contributed by atoms with van der Waals surface area (Å²) in [6.45, 7) is 0. The van der Waals surface area contributed by atoms with Crippen molar-refractivity contribution >= 4 is 54.5 Å². The number of hydrogen-bond acceptors (Lipinski definition) is 5. The molecule has 0 atom stereocenters. The highest BCUT2D eigenvalue weighted by Gasteiger charge is 2.50. The number of benzene rings is 12. The minimum absolute atomic E-state index is 0.621. The van der Waals surface area contributed by atoms with Crippen molar-refractivity contribution in [2.45, 2.75) is 10.8 Å². The Labute approximate surface area is 565 Å². The van der Waals surface area contributed by atoms with E-state index in [0.29, 0.717) is 5.95 Å². The Morgan fingerprint density at radius 2 is 0.765 bits per heavy atom. The zero-order valence-electron chi connectivity index (χ0n) is 53.0. The second-order valence-corrected chi connectivity index (χ2v) is 25.8. The van der Waals surface area contributed by atoms with Crippen molar-refractivity contribution in [3.63, 3.8) is 0 Å². The van der Waals surface area contributed by atoms with Crippen molar-refractivity contribution in [1.82, 2.24) is 34.1 Å². The number of para-hydroxylation sites is 3. The Balaban J connectivity index is 0.814. The minimum atomic E-state index is -0.798. The second kappa shape index (κ2) is 21.8. The fourth-order valence-electron chi connectivity index (χ4n) is 16.7. The van der Waals surface area contributed by atoms with E-state index >= 15 is 0 Å². The van der Waals surface area contributed by atoms with Gasteiger partial charge in [0.05, 0.1) is 67.2 Å². The predicted molar refractivity (Wildman–Crippen MR) is 398 cm³/mol. The topological polar surface area (TPSA) is 74.3 Å². The van der Waals surface area contributed by atoms with E-state index in [-0.39, 0.29) is 0 Å². The first-order valence-electron chi connectivity index (χ1n) is 33.5. The molecule has 0 unspecified atom stereocenters. The fraction of sp³-hybridized carbons (Fsp3) is 0.0220. The Morgan fingerprint density at radius 1 is 0.265 bits per heavy atom. The fourth-order valence-corrected chi connectivity index (χ4v) is 16.7. The third-order valence-electron chi connectivity index (χ3n) is 20.7. The van der Waals surface area contributed by atoms with Crippen LogP contribution in [0.4, 0.5) is 0 Å². The first-order valence-corrected chi connectivity index (χ1v) is 33.5. The lowest BCUT2D eigenvalue weighted by molar-refractivity contribution is 0.706.